The predicted molar refractivity (Wildman–Crippen MR) is 57.6 cm³/mol. The van der Waals surface area contributed by atoms with Crippen LogP contribution in [-0.2, 0) is 12.8 Å². The average molecular weight is 200 g/mol. The molecule has 3 rings (SSSR count). The second kappa shape index (κ2) is 3.28. The van der Waals surface area contributed by atoms with E-state index in [0.29, 0.717) is 0 Å². The number of pyridine rings is 2. The number of aryl methyl sites for hydroxylation is 1. The van der Waals surface area contributed by atoms with Crippen LogP contribution in [0.15, 0.2) is 24.4 Å². The Morgan fingerprint density at radius 2 is 2.33 bits per heavy atom. The summed E-state index contributed by atoms with van der Waals surface area (Å²) < 4.78 is 0. The van der Waals surface area contributed by atoms with Crippen LogP contribution in [0.1, 0.15) is 17.7 Å². The number of aliphatic hydroxyl groups excluding tert-OH is 1. The fraction of sp³-hybridized carbons (Fsp3) is 0.333. The molecule has 0 radical (unpaired) electrons. The van der Waals surface area contributed by atoms with Crippen LogP contribution in [0.5, 0.6) is 0 Å². The van der Waals surface area contributed by atoms with Crippen molar-refractivity contribution in [2.75, 3.05) is 0 Å². The maximum Gasteiger partial charge on any atom is 0.159 e. The third kappa shape index (κ3) is 1.49. The summed E-state index contributed by atoms with van der Waals surface area (Å²) in [7, 11) is 0. The Morgan fingerprint density at radius 3 is 3.27 bits per heavy atom. The molecule has 2 heterocycles. The van der Waals surface area contributed by atoms with E-state index in [-0.39, 0.29) is 6.10 Å². The lowest BCUT2D eigenvalue weighted by Gasteiger charge is -2.19. The maximum atomic E-state index is 9.58. The van der Waals surface area contributed by atoms with Crippen LogP contribution >= 0.6 is 0 Å². The van der Waals surface area contributed by atoms with E-state index in [4.69, 9.17) is 0 Å². The van der Waals surface area contributed by atoms with Crippen molar-refractivity contribution in [1.29, 1.82) is 0 Å². The van der Waals surface area contributed by atoms with Crippen LogP contribution in [0.3, 0.4) is 0 Å². The van der Waals surface area contributed by atoms with Crippen molar-refractivity contribution < 1.29 is 5.11 Å². The first kappa shape index (κ1) is 8.80. The molecular formula is C12H12N2O. The van der Waals surface area contributed by atoms with Crippen molar-refractivity contribution in [3.8, 4) is 0 Å². The van der Waals surface area contributed by atoms with Gasteiger partial charge >= 0.3 is 0 Å². The van der Waals surface area contributed by atoms with Gasteiger partial charge in [0, 0.05) is 23.7 Å². The summed E-state index contributed by atoms with van der Waals surface area (Å²) in [4.78, 5) is 8.76. The molecule has 2 aromatic heterocycles. The van der Waals surface area contributed by atoms with Crippen molar-refractivity contribution in [1.82, 2.24) is 9.97 Å². The minimum atomic E-state index is -0.201. The average Bonchev–Trinajstić information content (AvgIpc) is 2.26. The van der Waals surface area contributed by atoms with E-state index in [1.54, 1.807) is 6.20 Å². The molecule has 0 aliphatic heterocycles. The summed E-state index contributed by atoms with van der Waals surface area (Å²) in [5.41, 5.74) is 3.09. The van der Waals surface area contributed by atoms with Crippen molar-refractivity contribution in [3.63, 3.8) is 0 Å². The lowest BCUT2D eigenvalue weighted by Crippen LogP contribution is -2.19. The molecule has 3 heteroatoms. The number of rotatable bonds is 0. The van der Waals surface area contributed by atoms with Gasteiger partial charge in [-0.3, -0.25) is 0 Å². The van der Waals surface area contributed by atoms with Gasteiger partial charge in [0.2, 0.25) is 0 Å². The highest BCUT2D eigenvalue weighted by atomic mass is 16.3. The summed E-state index contributed by atoms with van der Waals surface area (Å²) in [6.07, 6.45) is 3.97. The van der Waals surface area contributed by atoms with E-state index in [2.05, 4.69) is 16.0 Å². The Labute approximate surface area is 87.8 Å². The molecule has 1 atom stereocenters. The monoisotopic (exact) mass is 200 g/mol. The van der Waals surface area contributed by atoms with Crippen LogP contribution < -0.4 is 0 Å². The smallest absolute Gasteiger partial charge is 0.159 e. The predicted octanol–water partition coefficient (Wildman–Crippen LogP) is 1.48. The first-order valence-corrected chi connectivity index (χ1v) is 5.24. The fourth-order valence-electron chi connectivity index (χ4n) is 2.14. The highest BCUT2D eigenvalue weighted by molar-refractivity contribution is 5.75. The van der Waals surface area contributed by atoms with Gasteiger partial charge in [-0.1, -0.05) is 0 Å². The van der Waals surface area contributed by atoms with Crippen LogP contribution in [0.25, 0.3) is 11.0 Å². The molecule has 1 aliphatic rings. The second-order valence-electron chi connectivity index (χ2n) is 4.04. The molecule has 0 saturated carbocycles. The van der Waals surface area contributed by atoms with E-state index in [9.17, 15) is 5.11 Å². The van der Waals surface area contributed by atoms with E-state index in [1.165, 1.54) is 5.56 Å². The Balaban J connectivity index is 2.20. The first-order chi connectivity index (χ1) is 7.33. The molecule has 0 bridgehead atoms. The van der Waals surface area contributed by atoms with Crippen LogP contribution in [0.4, 0.5) is 0 Å². The highest BCUT2D eigenvalue weighted by Gasteiger charge is 2.18. The molecule has 0 fully saturated rings. The molecule has 76 valence electrons. The number of nitrogens with zero attached hydrogens (tertiary/aromatic N) is 2. The molecule has 2 aromatic rings. The van der Waals surface area contributed by atoms with Crippen molar-refractivity contribution in [2.24, 2.45) is 0 Å². The van der Waals surface area contributed by atoms with Gasteiger partial charge in [0.1, 0.15) is 0 Å². The minimum absolute atomic E-state index is 0.201. The molecule has 1 unspecified atom stereocenters. The fourth-order valence-corrected chi connectivity index (χ4v) is 2.14. The zero-order valence-electron chi connectivity index (χ0n) is 8.35. The number of fused-ring (bicyclic) bond motifs is 2. The quantitative estimate of drug-likeness (QED) is 0.700. The second-order valence-corrected chi connectivity index (χ2v) is 4.04. The third-order valence-electron chi connectivity index (χ3n) is 2.93. The number of hydrogen-bond donors (Lipinski definition) is 1. The normalized spacial score (nSPS) is 20.2. The SMILES string of the molecule is OC1CCc2nc3ncccc3cc2C1. The highest BCUT2D eigenvalue weighted by Crippen LogP contribution is 2.22. The standard InChI is InChI=1S/C12H12N2O/c15-10-3-4-11-9(7-10)6-8-2-1-5-13-12(8)14-11/h1-2,5-6,10,15H,3-4,7H2. The van der Waals surface area contributed by atoms with Crippen LogP contribution in [0.2, 0.25) is 0 Å². The molecule has 0 saturated heterocycles. The van der Waals surface area contributed by atoms with Gasteiger partial charge in [-0.2, -0.15) is 0 Å². The van der Waals surface area contributed by atoms with Crippen molar-refractivity contribution >= 4 is 11.0 Å². The topological polar surface area (TPSA) is 46.0 Å². The van der Waals surface area contributed by atoms with Gasteiger partial charge < -0.3 is 5.11 Å². The number of aromatic nitrogens is 2. The zero-order valence-corrected chi connectivity index (χ0v) is 8.35. The van der Waals surface area contributed by atoms with Crippen LogP contribution in [-0.4, -0.2) is 21.2 Å². The molecule has 1 N–H and O–H groups in total. The summed E-state index contributed by atoms with van der Waals surface area (Å²) in [6, 6.07) is 6.03. The molecule has 15 heavy (non-hydrogen) atoms. The Bertz CT molecular complexity index is 510. The Morgan fingerprint density at radius 1 is 1.40 bits per heavy atom. The molecule has 0 spiro atoms. The molecular weight excluding hydrogens is 188 g/mol. The Hall–Kier alpha value is -1.48. The Kier molecular flexibility index (Phi) is 1.92. The third-order valence-corrected chi connectivity index (χ3v) is 2.93. The molecule has 0 aromatic carbocycles. The van der Waals surface area contributed by atoms with Crippen LogP contribution in [0, 0.1) is 0 Å². The van der Waals surface area contributed by atoms with Gasteiger partial charge in [0.15, 0.2) is 5.65 Å². The van der Waals surface area contributed by atoms with Gasteiger partial charge in [0.05, 0.1) is 6.10 Å². The van der Waals surface area contributed by atoms with E-state index < -0.39 is 0 Å². The molecule has 0 amide bonds. The van der Waals surface area contributed by atoms with Crippen molar-refractivity contribution in [3.05, 3.63) is 35.7 Å². The van der Waals surface area contributed by atoms with E-state index in [1.807, 2.05) is 12.1 Å². The maximum absolute atomic E-state index is 9.58. The summed E-state index contributed by atoms with van der Waals surface area (Å²) >= 11 is 0. The van der Waals surface area contributed by atoms with Crippen molar-refractivity contribution in [2.45, 2.75) is 25.4 Å². The minimum Gasteiger partial charge on any atom is -0.393 e. The largest absolute Gasteiger partial charge is 0.393 e. The number of hydrogen-bond acceptors (Lipinski definition) is 3. The summed E-state index contributed by atoms with van der Waals surface area (Å²) in [5.74, 6) is 0. The van der Waals surface area contributed by atoms with Gasteiger partial charge in [-0.05, 0) is 36.6 Å². The first-order valence-electron chi connectivity index (χ1n) is 5.24. The van der Waals surface area contributed by atoms with E-state index in [0.717, 1.165) is 36.0 Å². The van der Waals surface area contributed by atoms with Gasteiger partial charge in [-0.15, -0.1) is 0 Å². The molecule has 3 nitrogen and oxygen atoms in total. The summed E-state index contributed by atoms with van der Waals surface area (Å²) in [5, 5.41) is 10.6. The van der Waals surface area contributed by atoms with E-state index >= 15 is 0 Å². The van der Waals surface area contributed by atoms with Gasteiger partial charge in [-0.25, -0.2) is 9.97 Å². The number of aliphatic hydroxyl groups is 1. The van der Waals surface area contributed by atoms with Gasteiger partial charge in [0.25, 0.3) is 0 Å². The lowest BCUT2D eigenvalue weighted by atomic mass is 9.93. The lowest BCUT2D eigenvalue weighted by molar-refractivity contribution is 0.158. The molecule has 1 aliphatic carbocycles. The zero-order chi connectivity index (χ0) is 10.3. The summed E-state index contributed by atoms with van der Waals surface area (Å²) in [6.45, 7) is 0.